The molecule has 0 saturated carbocycles. The van der Waals surface area contributed by atoms with E-state index >= 15 is 0 Å². The van der Waals surface area contributed by atoms with Crippen molar-refractivity contribution in [2.24, 2.45) is 0 Å². The Morgan fingerprint density at radius 1 is 1.47 bits per heavy atom. The summed E-state index contributed by atoms with van der Waals surface area (Å²) in [6.07, 6.45) is 2.46. The molecule has 0 unspecified atom stereocenters. The first-order valence-electron chi connectivity index (χ1n) is 4.75. The average Bonchev–Trinajstić information content (AvgIpc) is 2.20. The first kappa shape index (κ1) is 13.2. The maximum atomic E-state index is 10.3. The van der Waals surface area contributed by atoms with Gasteiger partial charge in [-0.25, -0.2) is 0 Å². The molecular weight excluding hydrogens is 192 g/mol. The second-order valence-electron chi connectivity index (χ2n) is 2.74. The highest BCUT2D eigenvalue weighted by Crippen LogP contribution is 2.02. The van der Waals surface area contributed by atoms with E-state index in [1.165, 1.54) is 0 Å². The molecule has 0 aliphatic rings. The summed E-state index contributed by atoms with van der Waals surface area (Å²) < 4.78 is 4.41. The zero-order valence-electron chi connectivity index (χ0n) is 8.85. The molecule has 0 heterocycles. The molecule has 1 rings (SSSR count). The minimum atomic E-state index is -0.206. The Morgan fingerprint density at radius 2 is 2.07 bits per heavy atom. The monoisotopic (exact) mass is 208 g/mol. The van der Waals surface area contributed by atoms with Crippen molar-refractivity contribution in [3.8, 4) is 5.75 Å². The molecule has 0 saturated heterocycles. The van der Waals surface area contributed by atoms with Gasteiger partial charge in [-0.3, -0.25) is 4.79 Å². The third-order valence-electron chi connectivity index (χ3n) is 1.43. The van der Waals surface area contributed by atoms with Crippen LogP contribution in [0.15, 0.2) is 43.2 Å². The predicted molar refractivity (Wildman–Crippen MR) is 59.3 cm³/mol. The van der Waals surface area contributed by atoms with Crippen molar-refractivity contribution in [2.45, 2.75) is 19.8 Å². The number of para-hydroxylation sites is 1. The third kappa shape index (κ3) is 8.56. The van der Waals surface area contributed by atoms with Crippen LogP contribution in [0.5, 0.6) is 5.75 Å². The third-order valence-corrected chi connectivity index (χ3v) is 1.43. The van der Waals surface area contributed by atoms with Gasteiger partial charge in [-0.2, -0.15) is 0 Å². The van der Waals surface area contributed by atoms with Crippen molar-refractivity contribution in [3.05, 3.63) is 43.2 Å². The first-order chi connectivity index (χ1) is 7.20. The van der Waals surface area contributed by atoms with E-state index in [0.29, 0.717) is 12.2 Å². The minimum absolute atomic E-state index is 0.206. The van der Waals surface area contributed by atoms with Gasteiger partial charge in [0.15, 0.2) is 0 Å². The van der Waals surface area contributed by atoms with Gasteiger partial charge in [0.25, 0.3) is 0 Å². The summed E-state index contributed by atoms with van der Waals surface area (Å²) in [5, 5.41) is 8.63. The van der Waals surface area contributed by atoms with E-state index in [-0.39, 0.29) is 5.97 Å². The minimum Gasteiger partial charge on any atom is -0.508 e. The summed E-state index contributed by atoms with van der Waals surface area (Å²) in [6.45, 7) is 5.16. The van der Waals surface area contributed by atoms with Gasteiger partial charge in [0.05, 0.1) is 6.26 Å². The van der Waals surface area contributed by atoms with Gasteiger partial charge >= 0.3 is 5.97 Å². The molecule has 0 atom stereocenters. The fourth-order valence-electron chi connectivity index (χ4n) is 0.784. The predicted octanol–water partition coefficient (Wildman–Crippen LogP) is 2.87. The molecule has 3 heteroatoms. The number of carbonyl (C=O) groups is 1. The van der Waals surface area contributed by atoms with E-state index in [9.17, 15) is 4.79 Å². The summed E-state index contributed by atoms with van der Waals surface area (Å²) >= 11 is 0. The lowest BCUT2D eigenvalue weighted by Crippen LogP contribution is -1.96. The molecule has 15 heavy (non-hydrogen) atoms. The van der Waals surface area contributed by atoms with Gasteiger partial charge in [-0.15, -0.1) is 0 Å². The van der Waals surface area contributed by atoms with Crippen LogP contribution in [-0.2, 0) is 9.53 Å². The van der Waals surface area contributed by atoms with Crippen LogP contribution < -0.4 is 0 Å². The van der Waals surface area contributed by atoms with Crippen LogP contribution in [0, 0.1) is 0 Å². The highest BCUT2D eigenvalue weighted by Gasteiger charge is 1.94. The van der Waals surface area contributed by atoms with Crippen LogP contribution in [0.1, 0.15) is 19.8 Å². The summed E-state index contributed by atoms with van der Waals surface area (Å²) in [4.78, 5) is 10.3. The van der Waals surface area contributed by atoms with Crippen molar-refractivity contribution >= 4 is 5.97 Å². The number of rotatable bonds is 3. The molecular formula is C12H16O3. The Kier molecular flexibility index (Phi) is 7.77. The van der Waals surface area contributed by atoms with E-state index in [1.807, 2.05) is 13.0 Å². The number of esters is 1. The SMILES string of the molecule is C=COC(=O)CCC.Oc1ccccc1. The lowest BCUT2D eigenvalue weighted by atomic mass is 10.3. The Morgan fingerprint density at radius 3 is 2.40 bits per heavy atom. The van der Waals surface area contributed by atoms with E-state index < -0.39 is 0 Å². The van der Waals surface area contributed by atoms with Crippen LogP contribution in [0.25, 0.3) is 0 Å². The summed E-state index contributed by atoms with van der Waals surface area (Å²) in [5.74, 6) is 0.116. The zero-order valence-corrected chi connectivity index (χ0v) is 8.85. The zero-order chi connectivity index (χ0) is 11.5. The fourth-order valence-corrected chi connectivity index (χ4v) is 0.784. The number of phenolic OH excluding ortho intramolecular Hbond substituents is 1. The first-order valence-corrected chi connectivity index (χ1v) is 4.75. The Bertz CT molecular complexity index is 280. The molecule has 0 spiro atoms. The normalized spacial score (nSPS) is 8.33. The van der Waals surface area contributed by atoms with Gasteiger partial charge < -0.3 is 9.84 Å². The van der Waals surface area contributed by atoms with Crippen LogP contribution in [0.3, 0.4) is 0 Å². The largest absolute Gasteiger partial charge is 0.508 e. The second-order valence-corrected chi connectivity index (χ2v) is 2.74. The summed E-state index contributed by atoms with van der Waals surface area (Å²) in [7, 11) is 0. The number of carbonyl (C=O) groups excluding carboxylic acids is 1. The van der Waals surface area contributed by atoms with Crippen LogP contribution in [-0.4, -0.2) is 11.1 Å². The second kappa shape index (κ2) is 8.81. The van der Waals surface area contributed by atoms with Crippen molar-refractivity contribution < 1.29 is 14.6 Å². The lowest BCUT2D eigenvalue weighted by Gasteiger charge is -1.92. The molecule has 0 bridgehead atoms. The maximum absolute atomic E-state index is 10.3. The molecule has 0 amide bonds. The van der Waals surface area contributed by atoms with E-state index in [1.54, 1.807) is 24.3 Å². The van der Waals surface area contributed by atoms with Gasteiger partial charge in [0, 0.05) is 6.42 Å². The maximum Gasteiger partial charge on any atom is 0.310 e. The number of ether oxygens (including phenoxy) is 1. The fraction of sp³-hybridized carbons (Fsp3) is 0.250. The molecule has 0 aliphatic carbocycles. The number of phenols is 1. The molecule has 0 fully saturated rings. The highest BCUT2D eigenvalue weighted by molar-refractivity contribution is 5.69. The van der Waals surface area contributed by atoms with E-state index in [2.05, 4.69) is 11.3 Å². The standard InChI is InChI=1S/C6H10O2.C6H6O/c1-3-5-6(7)8-4-2;7-6-4-2-1-3-5-6/h4H,2-3,5H2,1H3;1-5,7H. The summed E-state index contributed by atoms with van der Waals surface area (Å²) in [6, 6.07) is 8.71. The number of hydrogen-bond donors (Lipinski definition) is 1. The smallest absolute Gasteiger partial charge is 0.310 e. The number of benzene rings is 1. The Labute approximate surface area is 90.0 Å². The quantitative estimate of drug-likeness (QED) is 0.613. The average molecular weight is 208 g/mol. The molecule has 1 aromatic carbocycles. The van der Waals surface area contributed by atoms with Gasteiger partial charge in [0.2, 0.25) is 0 Å². The van der Waals surface area contributed by atoms with Gasteiger partial charge in [0.1, 0.15) is 5.75 Å². The Balaban J connectivity index is 0.000000262. The number of aromatic hydroxyl groups is 1. The topological polar surface area (TPSA) is 46.5 Å². The van der Waals surface area contributed by atoms with E-state index in [0.717, 1.165) is 12.7 Å². The lowest BCUT2D eigenvalue weighted by molar-refractivity contribution is -0.137. The van der Waals surface area contributed by atoms with Gasteiger partial charge in [-0.05, 0) is 18.6 Å². The molecule has 1 N–H and O–H groups in total. The molecule has 0 radical (unpaired) electrons. The van der Waals surface area contributed by atoms with Crippen molar-refractivity contribution in [1.82, 2.24) is 0 Å². The van der Waals surface area contributed by atoms with Crippen LogP contribution >= 0.6 is 0 Å². The highest BCUT2D eigenvalue weighted by atomic mass is 16.5. The molecule has 0 aromatic heterocycles. The van der Waals surface area contributed by atoms with Crippen molar-refractivity contribution in [3.63, 3.8) is 0 Å². The molecule has 3 nitrogen and oxygen atoms in total. The van der Waals surface area contributed by atoms with Crippen LogP contribution in [0.2, 0.25) is 0 Å². The van der Waals surface area contributed by atoms with Crippen LogP contribution in [0.4, 0.5) is 0 Å². The van der Waals surface area contributed by atoms with Crippen molar-refractivity contribution in [1.29, 1.82) is 0 Å². The summed E-state index contributed by atoms with van der Waals surface area (Å²) in [5.41, 5.74) is 0. The Hall–Kier alpha value is -1.77. The molecule has 1 aromatic rings. The molecule has 0 aliphatic heterocycles. The number of hydrogen-bond acceptors (Lipinski definition) is 3. The molecule has 82 valence electrons. The van der Waals surface area contributed by atoms with Gasteiger partial charge in [-0.1, -0.05) is 31.7 Å². The van der Waals surface area contributed by atoms with E-state index in [4.69, 9.17) is 5.11 Å². The van der Waals surface area contributed by atoms with Crippen molar-refractivity contribution in [2.75, 3.05) is 0 Å².